The Morgan fingerprint density at radius 1 is 1.39 bits per heavy atom. The van der Waals surface area contributed by atoms with Crippen LogP contribution in [0.15, 0.2) is 18.3 Å². The average molecular weight is 250 g/mol. The zero-order valence-electron chi connectivity index (χ0n) is 10.8. The first-order valence-electron chi connectivity index (χ1n) is 5.74. The second-order valence-corrected chi connectivity index (χ2v) is 4.08. The van der Waals surface area contributed by atoms with Crippen LogP contribution in [-0.2, 0) is 4.79 Å². The standard InChI is InChI=1S/C12H18N4O2/c1-8(2)16-11(17)7-15-12(18)10-6-9(13-3)4-5-14-10/h4-6,8H,7H2,1-3H3,(H,13,14)(H,15,18)(H,16,17). The molecule has 1 rings (SSSR count). The molecule has 6 nitrogen and oxygen atoms in total. The van der Waals surface area contributed by atoms with Crippen molar-refractivity contribution in [3.05, 3.63) is 24.0 Å². The fourth-order valence-electron chi connectivity index (χ4n) is 1.33. The molecule has 6 heteroatoms. The second kappa shape index (κ2) is 6.58. The molecule has 3 N–H and O–H groups in total. The highest BCUT2D eigenvalue weighted by Crippen LogP contribution is 2.06. The minimum absolute atomic E-state index is 0.0531. The Morgan fingerprint density at radius 2 is 2.11 bits per heavy atom. The first-order valence-corrected chi connectivity index (χ1v) is 5.74. The number of aromatic nitrogens is 1. The molecule has 0 aliphatic carbocycles. The van der Waals surface area contributed by atoms with Crippen LogP contribution in [0.4, 0.5) is 5.69 Å². The highest BCUT2D eigenvalue weighted by molar-refractivity contribution is 5.95. The lowest BCUT2D eigenvalue weighted by atomic mass is 10.3. The summed E-state index contributed by atoms with van der Waals surface area (Å²) in [5.41, 5.74) is 1.07. The lowest BCUT2D eigenvalue weighted by molar-refractivity contribution is -0.120. The van der Waals surface area contributed by atoms with Crippen LogP contribution >= 0.6 is 0 Å². The first kappa shape index (κ1) is 14.0. The number of carbonyl (C=O) groups is 2. The van der Waals surface area contributed by atoms with Gasteiger partial charge in [0.05, 0.1) is 6.54 Å². The van der Waals surface area contributed by atoms with Crippen LogP contribution in [0.3, 0.4) is 0 Å². The van der Waals surface area contributed by atoms with Gasteiger partial charge >= 0.3 is 0 Å². The molecule has 0 atom stereocenters. The van der Waals surface area contributed by atoms with E-state index in [2.05, 4.69) is 20.9 Å². The molecule has 0 radical (unpaired) electrons. The molecule has 1 heterocycles. The van der Waals surface area contributed by atoms with E-state index in [1.807, 2.05) is 13.8 Å². The van der Waals surface area contributed by atoms with Crippen LogP contribution < -0.4 is 16.0 Å². The largest absolute Gasteiger partial charge is 0.388 e. The maximum absolute atomic E-state index is 11.7. The molecule has 18 heavy (non-hydrogen) atoms. The number of carbonyl (C=O) groups excluding carboxylic acids is 2. The van der Waals surface area contributed by atoms with E-state index in [0.29, 0.717) is 0 Å². The Balaban J connectivity index is 2.52. The summed E-state index contributed by atoms with van der Waals surface area (Å²) in [7, 11) is 1.76. The fourth-order valence-corrected chi connectivity index (χ4v) is 1.33. The van der Waals surface area contributed by atoms with E-state index in [0.717, 1.165) is 5.69 Å². The van der Waals surface area contributed by atoms with Crippen LogP contribution in [0.5, 0.6) is 0 Å². The van der Waals surface area contributed by atoms with E-state index >= 15 is 0 Å². The number of nitrogens with one attached hydrogen (secondary N) is 3. The summed E-state index contributed by atoms with van der Waals surface area (Å²) in [4.78, 5) is 27.0. The number of pyridine rings is 1. The Morgan fingerprint density at radius 3 is 2.72 bits per heavy atom. The molecule has 0 unspecified atom stereocenters. The van der Waals surface area contributed by atoms with Gasteiger partial charge in [-0.25, -0.2) is 0 Å². The number of anilines is 1. The van der Waals surface area contributed by atoms with Gasteiger partial charge in [-0.2, -0.15) is 0 Å². The van der Waals surface area contributed by atoms with Crippen molar-refractivity contribution in [2.45, 2.75) is 19.9 Å². The van der Waals surface area contributed by atoms with E-state index in [1.54, 1.807) is 19.2 Å². The number of hydrogen-bond donors (Lipinski definition) is 3. The molecule has 1 aromatic rings. The molecule has 2 amide bonds. The van der Waals surface area contributed by atoms with Gasteiger partial charge < -0.3 is 16.0 Å². The quantitative estimate of drug-likeness (QED) is 0.705. The second-order valence-electron chi connectivity index (χ2n) is 4.08. The number of amides is 2. The Labute approximate surface area is 106 Å². The van der Waals surface area contributed by atoms with Crippen molar-refractivity contribution >= 4 is 17.5 Å². The van der Waals surface area contributed by atoms with Gasteiger partial charge in [0.15, 0.2) is 0 Å². The molecule has 0 saturated carbocycles. The van der Waals surface area contributed by atoms with Crippen LogP contribution in [0, 0.1) is 0 Å². The lowest BCUT2D eigenvalue weighted by Gasteiger charge is -2.09. The smallest absolute Gasteiger partial charge is 0.270 e. The van der Waals surface area contributed by atoms with E-state index in [4.69, 9.17) is 0 Å². The molecule has 98 valence electrons. The van der Waals surface area contributed by atoms with Crippen LogP contribution in [0.1, 0.15) is 24.3 Å². The zero-order valence-corrected chi connectivity index (χ0v) is 10.8. The van der Waals surface area contributed by atoms with Gasteiger partial charge in [0.25, 0.3) is 5.91 Å². The van der Waals surface area contributed by atoms with Gasteiger partial charge in [-0.15, -0.1) is 0 Å². The molecule has 0 aliphatic heterocycles. The van der Waals surface area contributed by atoms with E-state index < -0.39 is 0 Å². The van der Waals surface area contributed by atoms with E-state index in [1.165, 1.54) is 6.20 Å². The van der Waals surface area contributed by atoms with Crippen molar-refractivity contribution in [1.82, 2.24) is 15.6 Å². The maximum Gasteiger partial charge on any atom is 0.270 e. The normalized spacial score (nSPS) is 10.0. The summed E-state index contributed by atoms with van der Waals surface area (Å²) in [6.45, 7) is 3.66. The van der Waals surface area contributed by atoms with Crippen LogP contribution in [0.25, 0.3) is 0 Å². The van der Waals surface area contributed by atoms with Gasteiger partial charge in [0, 0.05) is 25.0 Å². The topological polar surface area (TPSA) is 83.1 Å². The number of rotatable bonds is 5. The summed E-state index contributed by atoms with van der Waals surface area (Å²) < 4.78 is 0. The Bertz CT molecular complexity index is 432. The minimum atomic E-state index is -0.369. The van der Waals surface area contributed by atoms with Crippen molar-refractivity contribution in [1.29, 1.82) is 0 Å². The van der Waals surface area contributed by atoms with Crippen LogP contribution in [0.2, 0.25) is 0 Å². The van der Waals surface area contributed by atoms with Crippen molar-refractivity contribution in [2.75, 3.05) is 18.9 Å². The predicted molar refractivity (Wildman–Crippen MR) is 69.4 cm³/mol. The third-order valence-electron chi connectivity index (χ3n) is 2.14. The highest BCUT2D eigenvalue weighted by atomic mass is 16.2. The van der Waals surface area contributed by atoms with E-state index in [9.17, 15) is 9.59 Å². The van der Waals surface area contributed by atoms with Crippen molar-refractivity contribution in [2.24, 2.45) is 0 Å². The number of hydrogen-bond acceptors (Lipinski definition) is 4. The van der Waals surface area contributed by atoms with Gasteiger partial charge in [0.1, 0.15) is 5.69 Å². The predicted octanol–water partition coefficient (Wildman–Crippen LogP) is 0.378. The minimum Gasteiger partial charge on any atom is -0.388 e. The number of nitrogens with zero attached hydrogens (tertiary/aromatic N) is 1. The third kappa shape index (κ3) is 4.40. The summed E-state index contributed by atoms with van der Waals surface area (Å²) in [6, 6.07) is 3.43. The molecular weight excluding hydrogens is 232 g/mol. The van der Waals surface area contributed by atoms with Crippen molar-refractivity contribution < 1.29 is 9.59 Å². The van der Waals surface area contributed by atoms with Gasteiger partial charge in [-0.05, 0) is 26.0 Å². The molecule has 0 fully saturated rings. The molecule has 0 saturated heterocycles. The Kier molecular flexibility index (Phi) is 5.10. The zero-order chi connectivity index (χ0) is 13.5. The van der Waals surface area contributed by atoms with Crippen molar-refractivity contribution in [3.8, 4) is 0 Å². The molecule has 0 aromatic carbocycles. The SMILES string of the molecule is CNc1ccnc(C(=O)NCC(=O)NC(C)C)c1. The van der Waals surface area contributed by atoms with Gasteiger partial charge in [-0.1, -0.05) is 0 Å². The average Bonchev–Trinajstić information content (AvgIpc) is 2.35. The first-order chi connectivity index (χ1) is 8.52. The van der Waals surface area contributed by atoms with Crippen molar-refractivity contribution in [3.63, 3.8) is 0 Å². The molecular formula is C12H18N4O2. The summed E-state index contributed by atoms with van der Waals surface area (Å²) in [6.07, 6.45) is 1.54. The third-order valence-corrected chi connectivity index (χ3v) is 2.14. The van der Waals surface area contributed by atoms with Gasteiger partial charge in [0.2, 0.25) is 5.91 Å². The molecule has 1 aromatic heterocycles. The van der Waals surface area contributed by atoms with Crippen LogP contribution in [-0.4, -0.2) is 36.4 Å². The summed E-state index contributed by atoms with van der Waals surface area (Å²) >= 11 is 0. The maximum atomic E-state index is 11.7. The Hall–Kier alpha value is -2.11. The molecule has 0 aliphatic rings. The molecule has 0 spiro atoms. The molecule has 0 bridgehead atoms. The highest BCUT2D eigenvalue weighted by Gasteiger charge is 2.10. The summed E-state index contributed by atoms with van der Waals surface area (Å²) in [5, 5.41) is 8.11. The fraction of sp³-hybridized carbons (Fsp3) is 0.417. The summed E-state index contributed by atoms with van der Waals surface area (Å²) in [5.74, 6) is -0.589. The lowest BCUT2D eigenvalue weighted by Crippen LogP contribution is -2.40. The monoisotopic (exact) mass is 250 g/mol. The van der Waals surface area contributed by atoms with E-state index in [-0.39, 0.29) is 30.1 Å². The van der Waals surface area contributed by atoms with Gasteiger partial charge in [-0.3, -0.25) is 14.6 Å².